The second-order valence-electron chi connectivity index (χ2n) is 6.67. The van der Waals surface area contributed by atoms with Gasteiger partial charge < -0.3 is 9.47 Å². The Morgan fingerprint density at radius 3 is 2.61 bits per heavy atom. The summed E-state index contributed by atoms with van der Waals surface area (Å²) in [4.78, 5) is 13.0. The Balaban J connectivity index is 1.61. The molecule has 0 heterocycles. The third-order valence-corrected chi connectivity index (χ3v) is 6.23. The lowest BCUT2D eigenvalue weighted by Crippen LogP contribution is -2.19. The van der Waals surface area contributed by atoms with Crippen molar-refractivity contribution < 1.29 is 18.7 Å². The van der Waals surface area contributed by atoms with E-state index in [1.807, 2.05) is 19.1 Å². The molecule has 0 aromatic heterocycles. The average molecular weight is 552 g/mol. The highest BCUT2D eigenvalue weighted by atomic mass is 79.9. The fourth-order valence-corrected chi connectivity index (χ4v) is 3.93. The van der Waals surface area contributed by atoms with Crippen LogP contribution in [0.15, 0.2) is 75.1 Å². The molecule has 0 aliphatic rings. The van der Waals surface area contributed by atoms with Crippen LogP contribution in [0.2, 0.25) is 5.02 Å². The van der Waals surface area contributed by atoms with Gasteiger partial charge in [0.15, 0.2) is 11.5 Å². The first kappa shape index (κ1) is 25.1. The zero-order valence-corrected chi connectivity index (χ0v) is 20.8. The summed E-state index contributed by atoms with van der Waals surface area (Å²) < 4.78 is 26.0. The Morgan fingerprint density at radius 1 is 1.15 bits per heavy atom. The first-order valence-corrected chi connectivity index (χ1v) is 12.1. The van der Waals surface area contributed by atoms with E-state index in [9.17, 15) is 9.18 Å². The number of nitrogens with zero attached hydrogens (tertiary/aromatic N) is 1. The van der Waals surface area contributed by atoms with E-state index in [1.165, 1.54) is 24.0 Å². The molecule has 33 heavy (non-hydrogen) atoms. The highest BCUT2D eigenvalue weighted by Gasteiger charge is 2.12. The molecule has 0 aliphatic heterocycles. The van der Waals surface area contributed by atoms with Crippen LogP contribution < -0.4 is 14.9 Å². The predicted octanol–water partition coefficient (Wildman–Crippen LogP) is 6.46. The summed E-state index contributed by atoms with van der Waals surface area (Å²) in [5.74, 6) is 0.601. The first-order chi connectivity index (χ1) is 16.0. The highest BCUT2D eigenvalue weighted by Crippen LogP contribution is 2.34. The van der Waals surface area contributed by atoms with Gasteiger partial charge >= 0.3 is 0 Å². The van der Waals surface area contributed by atoms with Crippen LogP contribution in [0.5, 0.6) is 11.5 Å². The summed E-state index contributed by atoms with van der Waals surface area (Å²) in [7, 11) is 0. The monoisotopic (exact) mass is 550 g/mol. The van der Waals surface area contributed by atoms with E-state index in [0.29, 0.717) is 38.7 Å². The van der Waals surface area contributed by atoms with E-state index in [2.05, 4.69) is 26.5 Å². The van der Waals surface area contributed by atoms with E-state index >= 15 is 0 Å². The second-order valence-corrected chi connectivity index (χ2v) is 9.01. The summed E-state index contributed by atoms with van der Waals surface area (Å²) in [6.07, 6.45) is 1.51. The molecule has 0 radical (unpaired) electrons. The Morgan fingerprint density at radius 2 is 1.88 bits per heavy atom. The number of halogens is 3. The molecule has 1 amide bonds. The number of hydrazone groups is 1. The molecule has 0 spiro atoms. The van der Waals surface area contributed by atoms with Gasteiger partial charge in [0.1, 0.15) is 12.4 Å². The molecule has 0 unspecified atom stereocenters. The number of carbonyl (C=O) groups excluding carboxylic acids is 1. The summed E-state index contributed by atoms with van der Waals surface area (Å²) in [5.41, 5.74) is 3.64. The van der Waals surface area contributed by atoms with Crippen molar-refractivity contribution >= 4 is 51.4 Å². The Labute approximate surface area is 209 Å². The molecule has 0 saturated carbocycles. The van der Waals surface area contributed by atoms with Crippen LogP contribution in [0.3, 0.4) is 0 Å². The molecule has 9 heteroatoms. The van der Waals surface area contributed by atoms with Gasteiger partial charge in [-0.05, 0) is 65.3 Å². The molecule has 0 aliphatic carbocycles. The van der Waals surface area contributed by atoms with Gasteiger partial charge in [0, 0.05) is 25.5 Å². The van der Waals surface area contributed by atoms with Crippen molar-refractivity contribution in [2.24, 2.45) is 5.10 Å². The van der Waals surface area contributed by atoms with E-state index in [0.717, 1.165) is 4.90 Å². The molecule has 1 N–H and O–H groups in total. The van der Waals surface area contributed by atoms with Gasteiger partial charge in [0.2, 0.25) is 5.91 Å². The minimum atomic E-state index is -0.330. The lowest BCUT2D eigenvalue weighted by atomic mass is 10.2. The third-order valence-electron chi connectivity index (χ3n) is 4.28. The van der Waals surface area contributed by atoms with Crippen LogP contribution in [0, 0.1) is 5.82 Å². The minimum absolute atomic E-state index is 0.0635. The number of ether oxygens (including phenoxy) is 2. The van der Waals surface area contributed by atoms with Gasteiger partial charge in [-0.2, -0.15) is 5.10 Å². The summed E-state index contributed by atoms with van der Waals surface area (Å²) in [5, 5.41) is 4.68. The molecule has 172 valence electrons. The maximum Gasteiger partial charge on any atom is 0.250 e. The van der Waals surface area contributed by atoms with E-state index in [4.69, 9.17) is 21.1 Å². The molecule has 5 nitrogen and oxygen atoms in total. The van der Waals surface area contributed by atoms with Crippen molar-refractivity contribution in [2.75, 3.05) is 12.4 Å². The molecule has 0 bridgehead atoms. The minimum Gasteiger partial charge on any atom is -0.490 e. The number of hydrogen-bond donors (Lipinski definition) is 1. The van der Waals surface area contributed by atoms with Crippen LogP contribution in [0.4, 0.5) is 4.39 Å². The molecular formula is C24H21BrClFN2O3S. The molecular weight excluding hydrogens is 531 g/mol. The first-order valence-electron chi connectivity index (χ1n) is 9.99. The van der Waals surface area contributed by atoms with Crippen molar-refractivity contribution in [1.82, 2.24) is 5.43 Å². The predicted molar refractivity (Wildman–Crippen MR) is 134 cm³/mol. The van der Waals surface area contributed by atoms with Gasteiger partial charge in [-0.3, -0.25) is 4.79 Å². The molecule has 3 rings (SSSR count). The Kier molecular flexibility index (Phi) is 9.60. The van der Waals surface area contributed by atoms with Crippen LogP contribution in [0.1, 0.15) is 18.1 Å². The number of amides is 1. The standard InChI is InChI=1S/C24H21BrClFN2O3S/c1-2-31-22-11-17(13-28-29-24(30)15-33-19-9-7-18(26)8-10-19)20(25)12-23(22)32-14-16-5-3-4-6-21(16)27/h3-13H,2,14-15H2,1H3,(H,29,30)/b28-13-. The Bertz CT molecular complexity index is 1130. The largest absolute Gasteiger partial charge is 0.490 e. The van der Waals surface area contributed by atoms with Crippen LogP contribution in [-0.2, 0) is 11.4 Å². The number of carbonyl (C=O) groups is 1. The van der Waals surface area contributed by atoms with Crippen LogP contribution in [-0.4, -0.2) is 24.5 Å². The zero-order valence-electron chi connectivity index (χ0n) is 17.7. The molecule has 0 fully saturated rings. The SMILES string of the molecule is CCOc1cc(/C=N\NC(=O)CSc2ccc(Cl)cc2)c(Br)cc1OCc1ccccc1F. The zero-order chi connectivity index (χ0) is 23.6. The van der Waals surface area contributed by atoms with Crippen molar-refractivity contribution in [2.45, 2.75) is 18.4 Å². The lowest BCUT2D eigenvalue weighted by Gasteiger charge is -2.14. The van der Waals surface area contributed by atoms with E-state index in [-0.39, 0.29) is 24.1 Å². The summed E-state index contributed by atoms with van der Waals surface area (Å²) in [6, 6.07) is 17.2. The van der Waals surface area contributed by atoms with Gasteiger partial charge in [-0.1, -0.05) is 29.8 Å². The Hall–Kier alpha value is -2.55. The van der Waals surface area contributed by atoms with Crippen molar-refractivity contribution in [3.8, 4) is 11.5 Å². The fraction of sp³-hybridized carbons (Fsp3) is 0.167. The number of nitrogens with one attached hydrogen (secondary N) is 1. The van der Waals surface area contributed by atoms with Crippen LogP contribution >= 0.6 is 39.3 Å². The topological polar surface area (TPSA) is 59.9 Å². The number of rotatable bonds is 10. The third kappa shape index (κ3) is 7.77. The van der Waals surface area contributed by atoms with E-state index in [1.54, 1.807) is 42.5 Å². The van der Waals surface area contributed by atoms with Crippen molar-refractivity contribution in [1.29, 1.82) is 0 Å². The maximum atomic E-state index is 13.9. The lowest BCUT2D eigenvalue weighted by molar-refractivity contribution is -0.118. The van der Waals surface area contributed by atoms with Crippen molar-refractivity contribution in [3.05, 3.63) is 87.1 Å². The average Bonchev–Trinajstić information content (AvgIpc) is 2.80. The quantitative estimate of drug-likeness (QED) is 0.178. The fourth-order valence-electron chi connectivity index (χ4n) is 2.69. The van der Waals surface area contributed by atoms with Gasteiger partial charge in [0.25, 0.3) is 0 Å². The van der Waals surface area contributed by atoms with Crippen LogP contribution in [0.25, 0.3) is 0 Å². The maximum absolute atomic E-state index is 13.9. The summed E-state index contributed by atoms with van der Waals surface area (Å²) >= 11 is 10.7. The second kappa shape index (κ2) is 12.6. The van der Waals surface area contributed by atoms with E-state index < -0.39 is 0 Å². The van der Waals surface area contributed by atoms with Gasteiger partial charge in [-0.25, -0.2) is 9.82 Å². The number of thioether (sulfide) groups is 1. The summed E-state index contributed by atoms with van der Waals surface area (Å²) in [6.45, 7) is 2.34. The molecule has 0 atom stereocenters. The number of benzene rings is 3. The molecule has 3 aromatic carbocycles. The van der Waals surface area contributed by atoms with Gasteiger partial charge in [0.05, 0.1) is 18.6 Å². The highest BCUT2D eigenvalue weighted by molar-refractivity contribution is 9.10. The smallest absolute Gasteiger partial charge is 0.250 e. The number of hydrogen-bond acceptors (Lipinski definition) is 5. The molecule has 0 saturated heterocycles. The normalized spacial score (nSPS) is 10.9. The van der Waals surface area contributed by atoms with Gasteiger partial charge in [-0.15, -0.1) is 11.8 Å². The van der Waals surface area contributed by atoms with Crippen molar-refractivity contribution in [3.63, 3.8) is 0 Å². The molecule has 3 aromatic rings.